The third kappa shape index (κ3) is 4.03. The second kappa shape index (κ2) is 6.19. The van der Waals surface area contributed by atoms with Crippen LogP contribution in [0.15, 0.2) is 0 Å². The Morgan fingerprint density at radius 2 is 1.76 bits per heavy atom. The van der Waals surface area contributed by atoms with Gasteiger partial charge in [-0.2, -0.15) is 0 Å². The minimum atomic E-state index is -0.992. The molecular weight excluding hydrogens is 228 g/mol. The van der Waals surface area contributed by atoms with E-state index in [-0.39, 0.29) is 24.7 Å². The maximum absolute atomic E-state index is 11.6. The Hall–Kier alpha value is -1.63. The topological polar surface area (TPSA) is 105 Å². The molecule has 17 heavy (non-hydrogen) atoms. The molecule has 0 bridgehead atoms. The maximum atomic E-state index is 11.6. The van der Waals surface area contributed by atoms with Crippen molar-refractivity contribution < 1.29 is 24.2 Å². The van der Waals surface area contributed by atoms with Gasteiger partial charge in [0.1, 0.15) is 12.1 Å². The highest BCUT2D eigenvalue weighted by Gasteiger charge is 2.33. The van der Waals surface area contributed by atoms with Gasteiger partial charge < -0.3 is 20.5 Å². The molecule has 0 aromatic carbocycles. The molecule has 1 aliphatic heterocycles. The lowest BCUT2D eigenvalue weighted by Gasteiger charge is -2.29. The zero-order valence-corrected chi connectivity index (χ0v) is 9.56. The molecule has 96 valence electrons. The van der Waals surface area contributed by atoms with Crippen LogP contribution in [0, 0.1) is 0 Å². The van der Waals surface area contributed by atoms with Crippen molar-refractivity contribution in [3.63, 3.8) is 0 Å². The molecule has 2 unspecified atom stereocenters. The highest BCUT2D eigenvalue weighted by molar-refractivity contribution is 5.97. The van der Waals surface area contributed by atoms with E-state index in [1.54, 1.807) is 0 Å². The molecule has 7 heteroatoms. The van der Waals surface area contributed by atoms with Crippen LogP contribution in [0.5, 0.6) is 0 Å². The van der Waals surface area contributed by atoms with Gasteiger partial charge >= 0.3 is 5.97 Å². The second-order valence-corrected chi connectivity index (χ2v) is 3.84. The molecule has 0 aromatic rings. The summed E-state index contributed by atoms with van der Waals surface area (Å²) in [6.45, 7) is 0.373. The van der Waals surface area contributed by atoms with Gasteiger partial charge in [-0.25, -0.2) is 0 Å². The van der Waals surface area contributed by atoms with Gasteiger partial charge in [0.15, 0.2) is 0 Å². The molecule has 0 aliphatic carbocycles. The predicted molar refractivity (Wildman–Crippen MR) is 57.2 cm³/mol. The second-order valence-electron chi connectivity index (χ2n) is 3.84. The minimum Gasteiger partial charge on any atom is -0.481 e. The Morgan fingerprint density at radius 1 is 1.24 bits per heavy atom. The van der Waals surface area contributed by atoms with E-state index in [1.165, 1.54) is 7.11 Å². The van der Waals surface area contributed by atoms with E-state index in [9.17, 15) is 14.4 Å². The van der Waals surface area contributed by atoms with Crippen molar-refractivity contribution in [2.45, 2.75) is 31.3 Å². The number of aliphatic carboxylic acids is 1. The van der Waals surface area contributed by atoms with Crippen LogP contribution in [0.3, 0.4) is 0 Å². The summed E-state index contributed by atoms with van der Waals surface area (Å²) in [7, 11) is 1.51. The summed E-state index contributed by atoms with van der Waals surface area (Å²) in [5.74, 6) is -1.63. The minimum absolute atomic E-state index is 0.101. The summed E-state index contributed by atoms with van der Waals surface area (Å²) in [5, 5.41) is 13.6. The van der Waals surface area contributed by atoms with Crippen LogP contribution in [-0.4, -0.2) is 48.7 Å². The van der Waals surface area contributed by atoms with E-state index in [4.69, 9.17) is 9.84 Å². The molecule has 2 atom stereocenters. The maximum Gasteiger partial charge on any atom is 0.303 e. The van der Waals surface area contributed by atoms with Gasteiger partial charge in [0, 0.05) is 20.1 Å². The summed E-state index contributed by atoms with van der Waals surface area (Å²) in [5.41, 5.74) is 0. The number of hydrogen-bond acceptors (Lipinski definition) is 4. The molecule has 1 rings (SSSR count). The van der Waals surface area contributed by atoms with Crippen LogP contribution in [-0.2, 0) is 19.1 Å². The molecule has 3 N–H and O–H groups in total. The average Bonchev–Trinajstić information content (AvgIpc) is 2.27. The Balaban J connectivity index is 2.46. The molecule has 0 spiro atoms. The molecule has 1 aliphatic rings. The molecule has 7 nitrogen and oxygen atoms in total. The number of piperazine rings is 1. The summed E-state index contributed by atoms with van der Waals surface area (Å²) >= 11 is 0. The van der Waals surface area contributed by atoms with Gasteiger partial charge in [-0.05, 0) is 12.8 Å². The predicted octanol–water partition coefficient (Wildman–Crippen LogP) is -1.13. The molecule has 0 saturated carbocycles. The van der Waals surface area contributed by atoms with Gasteiger partial charge in [0.05, 0.1) is 0 Å². The third-order valence-corrected chi connectivity index (χ3v) is 2.52. The molecule has 1 heterocycles. The Labute approximate surface area is 98.5 Å². The van der Waals surface area contributed by atoms with Crippen molar-refractivity contribution in [2.24, 2.45) is 0 Å². The first kappa shape index (κ1) is 13.4. The molecule has 0 radical (unpaired) electrons. The summed E-state index contributed by atoms with van der Waals surface area (Å²) in [6.07, 6.45) is 0.352. The first-order valence-corrected chi connectivity index (χ1v) is 5.36. The number of rotatable bonds is 6. The Morgan fingerprint density at radius 3 is 2.24 bits per heavy atom. The molecule has 0 aromatic heterocycles. The number of carboxylic acid groups (broad SMARTS) is 1. The van der Waals surface area contributed by atoms with E-state index >= 15 is 0 Å². The normalized spacial score (nSPS) is 24.1. The van der Waals surface area contributed by atoms with Gasteiger partial charge in [-0.1, -0.05) is 0 Å². The monoisotopic (exact) mass is 244 g/mol. The number of hydrogen-bond donors (Lipinski definition) is 3. The number of methoxy groups -OCH3 is 1. The third-order valence-electron chi connectivity index (χ3n) is 2.52. The smallest absolute Gasteiger partial charge is 0.303 e. The molecule has 1 saturated heterocycles. The van der Waals surface area contributed by atoms with Crippen molar-refractivity contribution >= 4 is 17.8 Å². The van der Waals surface area contributed by atoms with Crippen LogP contribution in [0.4, 0.5) is 0 Å². The van der Waals surface area contributed by atoms with E-state index in [2.05, 4.69) is 10.6 Å². The SMILES string of the molecule is COCCC1NC(=O)C(CCC(=O)O)NC1=O. The summed E-state index contributed by atoms with van der Waals surface area (Å²) < 4.78 is 4.82. The van der Waals surface area contributed by atoms with Gasteiger partial charge in [0.25, 0.3) is 0 Å². The number of nitrogens with one attached hydrogen (secondary N) is 2. The van der Waals surface area contributed by atoms with Crippen LogP contribution in [0.25, 0.3) is 0 Å². The van der Waals surface area contributed by atoms with Crippen molar-refractivity contribution in [1.82, 2.24) is 10.6 Å². The number of ether oxygens (including phenoxy) is 1. The first-order valence-electron chi connectivity index (χ1n) is 5.36. The lowest BCUT2D eigenvalue weighted by Crippen LogP contribution is -2.61. The molecular formula is C10H16N2O5. The first-order chi connectivity index (χ1) is 8.04. The summed E-state index contributed by atoms with van der Waals surface area (Å²) in [4.78, 5) is 33.5. The summed E-state index contributed by atoms with van der Waals surface area (Å²) in [6, 6.07) is -1.35. The fourth-order valence-electron chi connectivity index (χ4n) is 1.59. The van der Waals surface area contributed by atoms with Crippen LogP contribution < -0.4 is 10.6 Å². The highest BCUT2D eigenvalue weighted by atomic mass is 16.5. The van der Waals surface area contributed by atoms with E-state index < -0.39 is 18.1 Å². The molecule has 1 fully saturated rings. The quantitative estimate of drug-likeness (QED) is 0.548. The van der Waals surface area contributed by atoms with E-state index in [0.29, 0.717) is 13.0 Å². The number of carbonyl (C=O) groups excluding carboxylic acids is 2. The van der Waals surface area contributed by atoms with Crippen molar-refractivity contribution in [2.75, 3.05) is 13.7 Å². The van der Waals surface area contributed by atoms with Crippen LogP contribution in [0.2, 0.25) is 0 Å². The highest BCUT2D eigenvalue weighted by Crippen LogP contribution is 2.06. The van der Waals surface area contributed by atoms with Crippen LogP contribution >= 0.6 is 0 Å². The number of carbonyl (C=O) groups is 3. The van der Waals surface area contributed by atoms with Gasteiger partial charge in [0.2, 0.25) is 11.8 Å². The number of amides is 2. The molecule has 2 amide bonds. The van der Waals surface area contributed by atoms with Crippen molar-refractivity contribution in [3.8, 4) is 0 Å². The largest absolute Gasteiger partial charge is 0.481 e. The lowest BCUT2D eigenvalue weighted by atomic mass is 10.0. The van der Waals surface area contributed by atoms with Crippen molar-refractivity contribution in [3.05, 3.63) is 0 Å². The standard InChI is InChI=1S/C10H16N2O5/c1-17-5-4-7-10(16)11-6(9(15)12-7)2-3-8(13)14/h6-7H,2-5H2,1H3,(H,11,16)(H,12,15)(H,13,14). The van der Waals surface area contributed by atoms with Crippen LogP contribution in [0.1, 0.15) is 19.3 Å². The fraction of sp³-hybridized carbons (Fsp3) is 0.700. The van der Waals surface area contributed by atoms with E-state index in [0.717, 1.165) is 0 Å². The lowest BCUT2D eigenvalue weighted by molar-refractivity contribution is -0.140. The Kier molecular flexibility index (Phi) is 4.89. The number of carboxylic acids is 1. The Bertz CT molecular complexity index is 318. The van der Waals surface area contributed by atoms with Crippen molar-refractivity contribution in [1.29, 1.82) is 0 Å². The zero-order valence-electron chi connectivity index (χ0n) is 9.56. The average molecular weight is 244 g/mol. The van der Waals surface area contributed by atoms with Gasteiger partial charge in [-0.15, -0.1) is 0 Å². The zero-order chi connectivity index (χ0) is 12.8. The fourth-order valence-corrected chi connectivity index (χ4v) is 1.59. The van der Waals surface area contributed by atoms with Gasteiger partial charge in [-0.3, -0.25) is 14.4 Å². The van der Waals surface area contributed by atoms with E-state index in [1.807, 2.05) is 0 Å².